The Bertz CT molecular complexity index is 568. The van der Waals surface area contributed by atoms with Gasteiger partial charge in [-0.15, -0.1) is 0 Å². The van der Waals surface area contributed by atoms with Crippen molar-refractivity contribution in [3.05, 3.63) is 36.4 Å². The Morgan fingerprint density at radius 2 is 1.78 bits per heavy atom. The molecule has 0 aromatic carbocycles. The molecule has 2 rings (SSSR count). The van der Waals surface area contributed by atoms with Crippen LogP contribution in [0.5, 0.6) is 0 Å². The summed E-state index contributed by atoms with van der Waals surface area (Å²) in [5.74, 6) is -0.998. The van der Waals surface area contributed by atoms with E-state index in [1.54, 1.807) is 6.20 Å². The van der Waals surface area contributed by atoms with Gasteiger partial charge in [-0.05, 0) is 38.8 Å². The number of nitrogens with zero attached hydrogens (tertiary/aromatic N) is 4. The van der Waals surface area contributed by atoms with Crippen molar-refractivity contribution < 1.29 is 20.1 Å². The minimum atomic E-state index is -0.998. The van der Waals surface area contributed by atoms with E-state index < -0.39 is 5.97 Å². The molecule has 8 heteroatoms. The van der Waals surface area contributed by atoms with E-state index in [0.717, 1.165) is 6.42 Å². The number of carboxylic acids is 1. The monoisotopic (exact) mass is 324 g/mol. The van der Waals surface area contributed by atoms with Crippen LogP contribution < -0.4 is 0 Å². The van der Waals surface area contributed by atoms with Crippen molar-refractivity contribution in [1.82, 2.24) is 19.6 Å². The molecule has 8 nitrogen and oxygen atoms in total. The summed E-state index contributed by atoms with van der Waals surface area (Å²) in [6.07, 6.45) is 6.36. The van der Waals surface area contributed by atoms with Crippen LogP contribution in [0, 0.1) is 0 Å². The molecule has 0 saturated carbocycles. The van der Waals surface area contributed by atoms with Crippen molar-refractivity contribution in [1.29, 1.82) is 0 Å². The van der Waals surface area contributed by atoms with Gasteiger partial charge in [0.05, 0.1) is 12.1 Å². The fourth-order valence-corrected chi connectivity index (χ4v) is 2.00. The Hall–Kier alpha value is -2.19. The second-order valence-corrected chi connectivity index (χ2v) is 5.17. The van der Waals surface area contributed by atoms with Crippen LogP contribution >= 0.6 is 0 Å². The highest BCUT2D eigenvalue weighted by atomic mass is 16.4. The molecule has 0 fully saturated rings. The van der Waals surface area contributed by atoms with E-state index in [-0.39, 0.29) is 24.9 Å². The molecule has 0 aliphatic rings. The van der Waals surface area contributed by atoms with Gasteiger partial charge < -0.3 is 15.3 Å². The first-order valence-corrected chi connectivity index (χ1v) is 7.48. The smallest absolute Gasteiger partial charge is 0.354 e. The highest BCUT2D eigenvalue weighted by Crippen LogP contribution is 2.12. The molecule has 0 saturated heterocycles. The van der Waals surface area contributed by atoms with Crippen LogP contribution in [0.25, 0.3) is 0 Å². The van der Waals surface area contributed by atoms with Crippen molar-refractivity contribution in [2.75, 3.05) is 13.2 Å². The molecule has 0 spiro atoms. The van der Waals surface area contributed by atoms with Gasteiger partial charge in [0, 0.05) is 31.8 Å². The predicted molar refractivity (Wildman–Crippen MR) is 84.2 cm³/mol. The number of hydrogen-bond acceptors (Lipinski definition) is 5. The molecule has 0 aliphatic carbocycles. The quantitative estimate of drug-likeness (QED) is 0.708. The maximum Gasteiger partial charge on any atom is 0.354 e. The van der Waals surface area contributed by atoms with Gasteiger partial charge in [-0.25, -0.2) is 4.79 Å². The van der Waals surface area contributed by atoms with Gasteiger partial charge in [0.1, 0.15) is 5.69 Å². The molecule has 2 aromatic heterocycles. The SMILES string of the molecule is CC(CCO)n1cccn1.CC(CCO)n1nccc1C(=O)O. The van der Waals surface area contributed by atoms with E-state index in [1.165, 1.54) is 16.9 Å². The summed E-state index contributed by atoms with van der Waals surface area (Å²) in [7, 11) is 0. The number of carbonyl (C=O) groups is 1. The molecular formula is C15H24N4O4. The summed E-state index contributed by atoms with van der Waals surface area (Å²) in [5.41, 5.74) is 0.154. The number of hydrogen-bond donors (Lipinski definition) is 3. The van der Waals surface area contributed by atoms with E-state index in [0.29, 0.717) is 12.5 Å². The van der Waals surface area contributed by atoms with Crippen molar-refractivity contribution in [2.24, 2.45) is 0 Å². The van der Waals surface area contributed by atoms with Gasteiger partial charge in [0.2, 0.25) is 0 Å². The third-order valence-electron chi connectivity index (χ3n) is 3.38. The molecule has 3 N–H and O–H groups in total. The van der Waals surface area contributed by atoms with Crippen LogP contribution in [0.1, 0.15) is 49.3 Å². The molecule has 0 amide bonds. The molecule has 2 unspecified atom stereocenters. The second-order valence-electron chi connectivity index (χ2n) is 5.17. The van der Waals surface area contributed by atoms with Crippen molar-refractivity contribution in [3.8, 4) is 0 Å². The van der Waals surface area contributed by atoms with Crippen LogP contribution in [0.2, 0.25) is 0 Å². The van der Waals surface area contributed by atoms with Gasteiger partial charge in [-0.1, -0.05) is 0 Å². The predicted octanol–water partition coefficient (Wildman–Crippen LogP) is 1.35. The standard InChI is InChI=1S/C8H12N2O3.C7H12N2O/c1-6(3-5-11)10-7(8(12)13)2-4-9-10;1-7(3-6-10)9-5-2-4-8-9/h2,4,6,11H,3,5H2,1H3,(H,12,13);2,4-5,7,10H,3,6H2,1H3. The van der Waals surface area contributed by atoms with Crippen molar-refractivity contribution >= 4 is 5.97 Å². The minimum Gasteiger partial charge on any atom is -0.477 e. The largest absolute Gasteiger partial charge is 0.477 e. The lowest BCUT2D eigenvalue weighted by Crippen LogP contribution is -2.15. The molecular weight excluding hydrogens is 300 g/mol. The average Bonchev–Trinajstić information content (AvgIpc) is 3.20. The number of rotatable bonds is 7. The molecule has 2 atom stereocenters. The second kappa shape index (κ2) is 9.75. The molecule has 23 heavy (non-hydrogen) atoms. The molecule has 128 valence electrons. The van der Waals surface area contributed by atoms with E-state index in [4.69, 9.17) is 15.3 Å². The maximum absolute atomic E-state index is 10.7. The van der Waals surface area contributed by atoms with E-state index >= 15 is 0 Å². The van der Waals surface area contributed by atoms with Crippen LogP contribution in [-0.2, 0) is 0 Å². The van der Waals surface area contributed by atoms with Crippen LogP contribution in [0.3, 0.4) is 0 Å². The molecule has 0 radical (unpaired) electrons. The lowest BCUT2D eigenvalue weighted by Gasteiger charge is -2.11. The zero-order valence-corrected chi connectivity index (χ0v) is 13.4. The van der Waals surface area contributed by atoms with Crippen LogP contribution in [0.4, 0.5) is 0 Å². The van der Waals surface area contributed by atoms with Crippen LogP contribution in [-0.4, -0.2) is 54.1 Å². The average molecular weight is 324 g/mol. The summed E-state index contributed by atoms with van der Waals surface area (Å²) < 4.78 is 3.24. The van der Waals surface area contributed by atoms with Crippen molar-refractivity contribution in [2.45, 2.75) is 38.8 Å². The summed E-state index contributed by atoms with van der Waals surface area (Å²) in [6.45, 7) is 4.10. The summed E-state index contributed by atoms with van der Waals surface area (Å²) in [4.78, 5) is 10.7. The van der Waals surface area contributed by atoms with Gasteiger partial charge in [0.25, 0.3) is 0 Å². The first-order valence-electron chi connectivity index (χ1n) is 7.48. The van der Waals surface area contributed by atoms with Gasteiger partial charge in [-0.2, -0.15) is 10.2 Å². The highest BCUT2D eigenvalue weighted by molar-refractivity contribution is 5.85. The number of aromatic carboxylic acids is 1. The van der Waals surface area contributed by atoms with Gasteiger partial charge >= 0.3 is 5.97 Å². The first kappa shape index (κ1) is 18.9. The fourth-order valence-electron chi connectivity index (χ4n) is 2.00. The Morgan fingerprint density at radius 3 is 2.30 bits per heavy atom. The lowest BCUT2D eigenvalue weighted by molar-refractivity contribution is 0.0679. The van der Waals surface area contributed by atoms with E-state index in [1.807, 2.05) is 30.8 Å². The van der Waals surface area contributed by atoms with Gasteiger partial charge in [0.15, 0.2) is 0 Å². The van der Waals surface area contributed by atoms with E-state index in [9.17, 15) is 4.79 Å². The van der Waals surface area contributed by atoms with Crippen molar-refractivity contribution in [3.63, 3.8) is 0 Å². The van der Waals surface area contributed by atoms with E-state index in [2.05, 4.69) is 10.2 Å². The highest BCUT2D eigenvalue weighted by Gasteiger charge is 2.14. The third kappa shape index (κ3) is 5.84. The van der Waals surface area contributed by atoms with Crippen LogP contribution in [0.15, 0.2) is 30.7 Å². The Labute approximate surface area is 135 Å². The zero-order valence-electron chi connectivity index (χ0n) is 13.4. The summed E-state index contributed by atoms with van der Waals surface area (Å²) in [5, 5.41) is 33.9. The first-order chi connectivity index (χ1) is 11.0. The summed E-state index contributed by atoms with van der Waals surface area (Å²) in [6, 6.07) is 3.54. The normalized spacial score (nSPS) is 13.0. The zero-order chi connectivity index (χ0) is 17.2. The molecule has 2 heterocycles. The number of aliphatic hydroxyl groups is 2. The fraction of sp³-hybridized carbons (Fsp3) is 0.533. The number of carboxylic acid groups (broad SMARTS) is 1. The molecule has 0 bridgehead atoms. The third-order valence-corrected chi connectivity index (χ3v) is 3.38. The maximum atomic E-state index is 10.7. The van der Waals surface area contributed by atoms with Gasteiger partial charge in [-0.3, -0.25) is 9.36 Å². The Kier molecular flexibility index (Phi) is 8.00. The lowest BCUT2D eigenvalue weighted by atomic mass is 10.2. The molecule has 0 aliphatic heterocycles. The number of aromatic nitrogens is 4. The molecule has 2 aromatic rings. The Balaban J connectivity index is 0.000000238. The minimum absolute atomic E-state index is 0.0279. The summed E-state index contributed by atoms with van der Waals surface area (Å²) >= 11 is 0. The Morgan fingerprint density at radius 1 is 1.13 bits per heavy atom. The number of aliphatic hydroxyl groups excluding tert-OH is 2. The topological polar surface area (TPSA) is 113 Å².